The molecule has 146 valence electrons. The van der Waals surface area contributed by atoms with E-state index >= 15 is 0 Å². The smallest absolute Gasteiger partial charge is 0.155 e. The van der Waals surface area contributed by atoms with Crippen LogP contribution in [0.1, 0.15) is 60.4 Å². The molecule has 0 N–H and O–H groups in total. The summed E-state index contributed by atoms with van der Waals surface area (Å²) in [4.78, 5) is 2.57. The van der Waals surface area contributed by atoms with Crippen molar-refractivity contribution in [3.8, 4) is 0 Å². The van der Waals surface area contributed by atoms with Gasteiger partial charge in [-0.05, 0) is 57.3 Å². The maximum absolute atomic E-state index is 4.65. The second kappa shape index (κ2) is 7.51. The Kier molecular flexibility index (Phi) is 4.72. The van der Waals surface area contributed by atoms with Gasteiger partial charge in [-0.2, -0.15) is 5.10 Å². The molecule has 28 heavy (non-hydrogen) atoms. The van der Waals surface area contributed by atoms with E-state index in [2.05, 4.69) is 56.0 Å². The van der Waals surface area contributed by atoms with Crippen molar-refractivity contribution in [1.29, 1.82) is 0 Å². The average Bonchev–Trinajstić information content (AvgIpc) is 3.26. The van der Waals surface area contributed by atoms with Crippen LogP contribution in [-0.4, -0.2) is 42.5 Å². The van der Waals surface area contributed by atoms with Crippen LogP contribution in [0.15, 0.2) is 42.7 Å². The molecule has 0 bridgehead atoms. The molecule has 0 atom stereocenters. The second-order valence-electron chi connectivity index (χ2n) is 8.32. The fraction of sp³-hybridized carbons (Fsp3) is 0.500. The van der Waals surface area contributed by atoms with Crippen molar-refractivity contribution in [3.05, 3.63) is 65.5 Å². The van der Waals surface area contributed by atoms with Crippen LogP contribution < -0.4 is 0 Å². The Hall–Kier alpha value is -2.47. The third kappa shape index (κ3) is 3.74. The Bertz CT molecular complexity index is 899. The lowest BCUT2D eigenvalue weighted by atomic mass is 9.95. The van der Waals surface area contributed by atoms with E-state index in [0.29, 0.717) is 18.5 Å². The Morgan fingerprint density at radius 3 is 2.43 bits per heavy atom. The fourth-order valence-corrected chi connectivity index (χ4v) is 4.29. The van der Waals surface area contributed by atoms with Crippen molar-refractivity contribution < 1.29 is 0 Å². The second-order valence-corrected chi connectivity index (χ2v) is 8.32. The minimum absolute atomic E-state index is 0.522. The van der Waals surface area contributed by atoms with Crippen LogP contribution >= 0.6 is 0 Å². The molecule has 1 aliphatic heterocycles. The van der Waals surface area contributed by atoms with Crippen LogP contribution in [0.25, 0.3) is 0 Å². The molecule has 5 rings (SSSR count). The van der Waals surface area contributed by atoms with Crippen LogP contribution in [0.3, 0.4) is 0 Å². The predicted octanol–water partition coefficient (Wildman–Crippen LogP) is 3.55. The number of rotatable bonds is 6. The van der Waals surface area contributed by atoms with E-state index in [1.54, 1.807) is 0 Å². The van der Waals surface area contributed by atoms with Crippen molar-refractivity contribution in [2.24, 2.45) is 0 Å². The van der Waals surface area contributed by atoms with Crippen molar-refractivity contribution in [2.45, 2.75) is 57.7 Å². The molecule has 1 aliphatic carbocycles. The Morgan fingerprint density at radius 1 is 0.964 bits per heavy atom. The van der Waals surface area contributed by atoms with Gasteiger partial charge in [-0.15, -0.1) is 10.2 Å². The van der Waals surface area contributed by atoms with E-state index in [0.717, 1.165) is 25.5 Å². The number of nitrogens with zero attached hydrogens (tertiary/aromatic N) is 6. The summed E-state index contributed by atoms with van der Waals surface area (Å²) in [7, 11) is 0. The summed E-state index contributed by atoms with van der Waals surface area (Å²) < 4.78 is 4.37. The number of aromatic nitrogens is 5. The van der Waals surface area contributed by atoms with E-state index in [4.69, 9.17) is 0 Å². The molecule has 1 saturated heterocycles. The lowest BCUT2D eigenvalue weighted by Crippen LogP contribution is -2.33. The number of piperidine rings is 1. The van der Waals surface area contributed by atoms with Gasteiger partial charge in [0.05, 0.1) is 0 Å². The summed E-state index contributed by atoms with van der Waals surface area (Å²) in [5, 5.41) is 13.6. The quantitative estimate of drug-likeness (QED) is 0.660. The van der Waals surface area contributed by atoms with Gasteiger partial charge >= 0.3 is 0 Å². The largest absolute Gasteiger partial charge is 0.310 e. The molecule has 3 aromatic rings. The molecular weight excluding hydrogens is 348 g/mol. The summed E-state index contributed by atoms with van der Waals surface area (Å²) in [6.45, 7) is 6.16. The minimum atomic E-state index is 0.522. The molecule has 6 nitrogen and oxygen atoms in total. The first-order valence-corrected chi connectivity index (χ1v) is 10.5. The lowest BCUT2D eigenvalue weighted by molar-refractivity contribution is 0.200. The topological polar surface area (TPSA) is 51.8 Å². The zero-order chi connectivity index (χ0) is 18.9. The Morgan fingerprint density at radius 2 is 1.75 bits per heavy atom. The van der Waals surface area contributed by atoms with Crippen molar-refractivity contribution in [3.63, 3.8) is 0 Å². The molecule has 2 aromatic heterocycles. The highest BCUT2D eigenvalue weighted by atomic mass is 15.3. The molecule has 0 radical (unpaired) electrons. The zero-order valence-corrected chi connectivity index (χ0v) is 16.5. The molecule has 0 spiro atoms. The monoisotopic (exact) mass is 376 g/mol. The standard InChI is InChI=1S/C22H28N6/c1-17-3-5-18(6-4-17)15-26-13-9-19(10-14-26)22-25-24-21(28(22)20-7-8-20)16-27-12-2-11-23-27/h2-6,11-12,19-20H,7-10,13-16H2,1H3. The van der Waals surface area contributed by atoms with Crippen molar-refractivity contribution in [2.75, 3.05) is 13.1 Å². The van der Waals surface area contributed by atoms with Crippen LogP contribution in [0.2, 0.25) is 0 Å². The third-order valence-electron chi connectivity index (χ3n) is 6.05. The fourth-order valence-electron chi connectivity index (χ4n) is 4.29. The van der Waals surface area contributed by atoms with Crippen molar-refractivity contribution >= 4 is 0 Å². The number of benzene rings is 1. The number of hydrogen-bond donors (Lipinski definition) is 0. The van der Waals surface area contributed by atoms with Crippen LogP contribution in [0.4, 0.5) is 0 Å². The highest BCUT2D eigenvalue weighted by Gasteiger charge is 2.33. The molecule has 0 amide bonds. The first-order chi connectivity index (χ1) is 13.8. The van der Waals surface area contributed by atoms with Gasteiger partial charge < -0.3 is 4.57 Å². The van der Waals surface area contributed by atoms with Gasteiger partial charge in [0.2, 0.25) is 0 Å². The lowest BCUT2D eigenvalue weighted by Gasteiger charge is -2.31. The van der Waals surface area contributed by atoms with E-state index in [-0.39, 0.29) is 0 Å². The molecular formula is C22H28N6. The zero-order valence-electron chi connectivity index (χ0n) is 16.5. The first-order valence-electron chi connectivity index (χ1n) is 10.5. The first kappa shape index (κ1) is 17.6. The van der Waals surface area contributed by atoms with Crippen LogP contribution in [-0.2, 0) is 13.1 Å². The molecule has 3 heterocycles. The summed E-state index contributed by atoms with van der Waals surface area (Å²) in [6.07, 6.45) is 8.65. The molecule has 0 unspecified atom stereocenters. The van der Waals surface area contributed by atoms with Crippen molar-refractivity contribution in [1.82, 2.24) is 29.4 Å². The number of likely N-dealkylation sites (tertiary alicyclic amines) is 1. The number of hydrogen-bond acceptors (Lipinski definition) is 4. The van der Waals surface area contributed by atoms with Gasteiger partial charge in [0.25, 0.3) is 0 Å². The summed E-state index contributed by atoms with van der Waals surface area (Å²) in [5.74, 6) is 2.79. The Balaban J connectivity index is 1.26. The summed E-state index contributed by atoms with van der Waals surface area (Å²) in [6, 6.07) is 11.5. The van der Waals surface area contributed by atoms with Crippen LogP contribution in [0, 0.1) is 6.92 Å². The van der Waals surface area contributed by atoms with E-state index in [9.17, 15) is 0 Å². The third-order valence-corrected chi connectivity index (χ3v) is 6.05. The summed E-state index contributed by atoms with van der Waals surface area (Å²) in [5.41, 5.74) is 2.74. The summed E-state index contributed by atoms with van der Waals surface area (Å²) >= 11 is 0. The molecule has 1 saturated carbocycles. The van der Waals surface area contributed by atoms with Gasteiger partial charge in [0.1, 0.15) is 12.4 Å². The van der Waals surface area contributed by atoms with E-state index in [1.807, 2.05) is 23.1 Å². The highest BCUT2D eigenvalue weighted by molar-refractivity contribution is 5.21. The minimum Gasteiger partial charge on any atom is -0.310 e. The molecule has 2 fully saturated rings. The van der Waals surface area contributed by atoms with Gasteiger partial charge in [0, 0.05) is 30.9 Å². The normalized spacial score (nSPS) is 18.6. The maximum Gasteiger partial charge on any atom is 0.155 e. The molecule has 2 aliphatic rings. The van der Waals surface area contributed by atoms with Gasteiger partial charge in [0.15, 0.2) is 5.82 Å². The average molecular weight is 377 g/mol. The van der Waals surface area contributed by atoms with E-state index < -0.39 is 0 Å². The number of aryl methyl sites for hydroxylation is 1. The van der Waals surface area contributed by atoms with Crippen LogP contribution in [0.5, 0.6) is 0 Å². The maximum atomic E-state index is 4.65. The highest BCUT2D eigenvalue weighted by Crippen LogP contribution is 2.40. The van der Waals surface area contributed by atoms with Gasteiger partial charge in [-0.1, -0.05) is 29.8 Å². The van der Waals surface area contributed by atoms with Gasteiger partial charge in [-0.25, -0.2) is 0 Å². The molecule has 1 aromatic carbocycles. The molecule has 6 heteroatoms. The Labute approximate surface area is 166 Å². The van der Waals surface area contributed by atoms with Gasteiger partial charge in [-0.3, -0.25) is 9.58 Å². The van der Waals surface area contributed by atoms with E-state index in [1.165, 1.54) is 42.6 Å². The SMILES string of the molecule is Cc1ccc(CN2CCC(c3nnc(Cn4cccn4)n3C3CC3)CC2)cc1. The predicted molar refractivity (Wildman–Crippen MR) is 108 cm³/mol.